The number of hydrogen-bond donors (Lipinski definition) is 1. The van der Waals surface area contributed by atoms with E-state index in [2.05, 4.69) is 29.4 Å². The zero-order valence-electron chi connectivity index (χ0n) is 14.4. The minimum atomic E-state index is -0.0533. The van der Waals surface area contributed by atoms with Gasteiger partial charge in [-0.05, 0) is 24.4 Å². The van der Waals surface area contributed by atoms with Crippen LogP contribution in [0.3, 0.4) is 0 Å². The van der Waals surface area contributed by atoms with E-state index in [1.54, 1.807) is 11.3 Å². The van der Waals surface area contributed by atoms with Crippen LogP contribution in [0.1, 0.15) is 11.3 Å². The smallest absolute Gasteiger partial charge is 0.230 e. The van der Waals surface area contributed by atoms with Crippen LogP contribution in [0.5, 0.6) is 0 Å². The fourth-order valence-corrected chi connectivity index (χ4v) is 3.81. The molecule has 0 radical (unpaired) electrons. The highest BCUT2D eigenvalue weighted by Crippen LogP contribution is 2.26. The Morgan fingerprint density at radius 1 is 1.04 bits per heavy atom. The van der Waals surface area contributed by atoms with E-state index in [1.165, 1.54) is 5.56 Å². The van der Waals surface area contributed by atoms with Crippen LogP contribution in [0.2, 0.25) is 0 Å². The number of nitrogens with zero attached hydrogens (tertiary/aromatic N) is 1. The van der Waals surface area contributed by atoms with E-state index in [4.69, 9.17) is 0 Å². The number of aromatic nitrogens is 1. The number of fused-ring (bicyclic) bond motifs is 1. The topological polar surface area (TPSA) is 42.0 Å². The molecule has 4 heteroatoms. The fraction of sp³-hybridized carbons (Fsp3) is 0.0909. The van der Waals surface area contributed by atoms with Crippen molar-refractivity contribution in [2.75, 3.05) is 5.32 Å². The van der Waals surface area contributed by atoms with Crippen molar-refractivity contribution in [1.82, 2.24) is 4.98 Å². The van der Waals surface area contributed by atoms with Gasteiger partial charge in [0.15, 0.2) is 0 Å². The summed E-state index contributed by atoms with van der Waals surface area (Å²) >= 11 is 1.57. The summed E-state index contributed by atoms with van der Waals surface area (Å²) in [4.78, 5) is 17.1. The van der Waals surface area contributed by atoms with E-state index >= 15 is 0 Å². The second kappa shape index (κ2) is 7.10. The third-order valence-electron chi connectivity index (χ3n) is 4.22. The monoisotopic (exact) mass is 358 g/mol. The van der Waals surface area contributed by atoms with Gasteiger partial charge in [0.2, 0.25) is 5.91 Å². The Bertz CT molecular complexity index is 1080. The van der Waals surface area contributed by atoms with E-state index in [0.29, 0.717) is 0 Å². The average molecular weight is 358 g/mol. The molecule has 4 aromatic rings. The Kier molecular flexibility index (Phi) is 4.50. The molecule has 26 heavy (non-hydrogen) atoms. The van der Waals surface area contributed by atoms with Gasteiger partial charge in [-0.3, -0.25) is 4.79 Å². The van der Waals surface area contributed by atoms with Crippen molar-refractivity contribution >= 4 is 33.7 Å². The fourth-order valence-electron chi connectivity index (χ4n) is 2.99. The normalized spacial score (nSPS) is 10.8. The van der Waals surface area contributed by atoms with Crippen LogP contribution >= 0.6 is 11.3 Å². The molecule has 4 rings (SSSR count). The van der Waals surface area contributed by atoms with Crippen molar-refractivity contribution in [3.05, 3.63) is 83.4 Å². The molecule has 0 saturated heterocycles. The lowest BCUT2D eigenvalue weighted by Crippen LogP contribution is -2.14. The first-order valence-corrected chi connectivity index (χ1v) is 9.36. The molecule has 128 valence electrons. The molecule has 0 fully saturated rings. The number of amides is 1. The van der Waals surface area contributed by atoms with Gasteiger partial charge in [0, 0.05) is 22.0 Å². The summed E-state index contributed by atoms with van der Waals surface area (Å²) in [5.74, 6) is -0.0533. The number of aryl methyl sites for hydroxylation is 1. The molecular weight excluding hydrogens is 340 g/mol. The number of thiazole rings is 1. The Labute approximate surface area is 156 Å². The van der Waals surface area contributed by atoms with E-state index < -0.39 is 0 Å². The maximum Gasteiger partial charge on any atom is 0.230 e. The summed E-state index contributed by atoms with van der Waals surface area (Å²) in [6, 6.07) is 22.2. The molecule has 3 nitrogen and oxygen atoms in total. The summed E-state index contributed by atoms with van der Waals surface area (Å²) in [5.41, 5.74) is 3.93. The summed E-state index contributed by atoms with van der Waals surface area (Å²) < 4.78 is 0. The minimum absolute atomic E-state index is 0.0533. The molecule has 1 heterocycles. The molecule has 1 aromatic heterocycles. The van der Waals surface area contributed by atoms with Crippen LogP contribution in [0.25, 0.3) is 21.3 Å². The predicted molar refractivity (Wildman–Crippen MR) is 109 cm³/mol. The van der Waals surface area contributed by atoms with Crippen LogP contribution in [-0.4, -0.2) is 10.9 Å². The third kappa shape index (κ3) is 3.51. The zero-order chi connectivity index (χ0) is 17.9. The van der Waals surface area contributed by atoms with E-state index in [-0.39, 0.29) is 12.3 Å². The molecule has 1 amide bonds. The van der Waals surface area contributed by atoms with Gasteiger partial charge in [0.05, 0.1) is 12.1 Å². The molecule has 0 aliphatic carbocycles. The van der Waals surface area contributed by atoms with Gasteiger partial charge in [-0.25, -0.2) is 4.98 Å². The van der Waals surface area contributed by atoms with E-state index in [0.717, 1.165) is 32.7 Å². The number of rotatable bonds is 4. The maximum atomic E-state index is 12.5. The van der Waals surface area contributed by atoms with Crippen LogP contribution in [0, 0.1) is 6.92 Å². The van der Waals surface area contributed by atoms with Crippen LogP contribution in [-0.2, 0) is 11.2 Å². The zero-order valence-corrected chi connectivity index (χ0v) is 15.2. The van der Waals surface area contributed by atoms with Gasteiger partial charge in [-0.1, -0.05) is 60.2 Å². The summed E-state index contributed by atoms with van der Waals surface area (Å²) in [6.07, 6.45) is 0.269. The van der Waals surface area contributed by atoms with Crippen LogP contribution < -0.4 is 5.32 Å². The standard InChI is InChI=1S/C22H18N2OS/c1-15-6-4-9-17(12-15)22-23-18(14-26-22)13-21(25)24-20-11-5-8-16-7-2-3-10-19(16)20/h2-12,14H,13H2,1H3,(H,24,25). The number of benzene rings is 3. The van der Waals surface area contributed by atoms with Crippen LogP contribution in [0.4, 0.5) is 5.69 Å². The number of carbonyl (C=O) groups excluding carboxylic acids is 1. The quantitative estimate of drug-likeness (QED) is 0.527. The lowest BCUT2D eigenvalue weighted by atomic mass is 10.1. The lowest BCUT2D eigenvalue weighted by Gasteiger charge is -2.08. The number of nitrogens with one attached hydrogen (secondary N) is 1. The van der Waals surface area contributed by atoms with E-state index in [1.807, 2.05) is 60.0 Å². The Morgan fingerprint density at radius 3 is 2.73 bits per heavy atom. The summed E-state index contributed by atoms with van der Waals surface area (Å²) in [6.45, 7) is 2.07. The predicted octanol–water partition coefficient (Wildman–Crippen LogP) is 5.45. The average Bonchev–Trinajstić information content (AvgIpc) is 3.10. The number of anilines is 1. The number of hydrogen-bond acceptors (Lipinski definition) is 3. The molecule has 0 bridgehead atoms. The summed E-state index contributed by atoms with van der Waals surface area (Å²) in [7, 11) is 0. The highest BCUT2D eigenvalue weighted by Gasteiger charge is 2.10. The van der Waals surface area contributed by atoms with Gasteiger partial charge < -0.3 is 5.32 Å². The molecule has 0 unspecified atom stereocenters. The molecule has 0 aliphatic heterocycles. The SMILES string of the molecule is Cc1cccc(-c2nc(CC(=O)Nc3cccc4ccccc34)cs2)c1. The Balaban J connectivity index is 1.50. The van der Waals surface area contributed by atoms with Gasteiger partial charge >= 0.3 is 0 Å². The molecule has 1 N–H and O–H groups in total. The van der Waals surface area contributed by atoms with Gasteiger partial charge in [-0.2, -0.15) is 0 Å². The second-order valence-corrected chi connectivity index (χ2v) is 7.12. The summed E-state index contributed by atoms with van der Waals surface area (Å²) in [5, 5.41) is 8.08. The van der Waals surface area contributed by atoms with Crippen molar-refractivity contribution in [2.24, 2.45) is 0 Å². The van der Waals surface area contributed by atoms with Gasteiger partial charge in [0.1, 0.15) is 5.01 Å². The van der Waals surface area contributed by atoms with E-state index in [9.17, 15) is 4.79 Å². The highest BCUT2D eigenvalue weighted by molar-refractivity contribution is 7.13. The Morgan fingerprint density at radius 2 is 1.85 bits per heavy atom. The molecule has 0 aliphatic rings. The first-order chi connectivity index (χ1) is 12.7. The second-order valence-electron chi connectivity index (χ2n) is 6.27. The molecule has 0 atom stereocenters. The highest BCUT2D eigenvalue weighted by atomic mass is 32.1. The minimum Gasteiger partial charge on any atom is -0.325 e. The first-order valence-electron chi connectivity index (χ1n) is 8.48. The lowest BCUT2D eigenvalue weighted by molar-refractivity contribution is -0.115. The third-order valence-corrected chi connectivity index (χ3v) is 5.16. The van der Waals surface area contributed by atoms with Crippen molar-refractivity contribution in [1.29, 1.82) is 0 Å². The molecule has 3 aromatic carbocycles. The van der Waals surface area contributed by atoms with Crippen LogP contribution in [0.15, 0.2) is 72.1 Å². The maximum absolute atomic E-state index is 12.5. The van der Waals surface area contributed by atoms with Crippen molar-refractivity contribution in [3.63, 3.8) is 0 Å². The number of carbonyl (C=O) groups is 1. The molecule has 0 spiro atoms. The molecular formula is C22H18N2OS. The Hall–Kier alpha value is -2.98. The van der Waals surface area contributed by atoms with Gasteiger partial charge in [0.25, 0.3) is 0 Å². The van der Waals surface area contributed by atoms with Crippen molar-refractivity contribution in [3.8, 4) is 10.6 Å². The van der Waals surface area contributed by atoms with Crippen molar-refractivity contribution in [2.45, 2.75) is 13.3 Å². The first kappa shape index (κ1) is 16.5. The van der Waals surface area contributed by atoms with Crippen molar-refractivity contribution < 1.29 is 4.79 Å². The largest absolute Gasteiger partial charge is 0.325 e. The molecule has 0 saturated carbocycles. The van der Waals surface area contributed by atoms with Gasteiger partial charge in [-0.15, -0.1) is 11.3 Å².